The number of benzene rings is 2. The lowest BCUT2D eigenvalue weighted by atomic mass is 10.1. The van der Waals surface area contributed by atoms with Gasteiger partial charge in [0.1, 0.15) is 12.4 Å². The van der Waals surface area contributed by atoms with Crippen molar-refractivity contribution in [2.45, 2.75) is 45.8 Å². The van der Waals surface area contributed by atoms with Crippen LogP contribution in [0.1, 0.15) is 43.7 Å². The van der Waals surface area contributed by atoms with Crippen LogP contribution >= 0.6 is 24.0 Å². The summed E-state index contributed by atoms with van der Waals surface area (Å²) in [5.74, 6) is 1.01. The molecule has 0 unspecified atom stereocenters. The fraction of sp³-hybridized carbons (Fsp3) is 0.429. The number of nitrogens with one attached hydrogen (secondary N) is 1. The highest BCUT2D eigenvalue weighted by atomic mass is 35.5. The summed E-state index contributed by atoms with van der Waals surface area (Å²) in [6, 6.07) is 10.1. The first-order chi connectivity index (χ1) is 12.7. The fourth-order valence-electron chi connectivity index (χ4n) is 2.71. The van der Waals surface area contributed by atoms with Crippen LogP contribution in [0.5, 0.6) is 11.5 Å². The molecule has 3 nitrogen and oxygen atoms in total. The lowest BCUT2D eigenvalue weighted by Crippen LogP contribution is -2.15. The van der Waals surface area contributed by atoms with Crippen molar-refractivity contribution in [1.29, 1.82) is 0 Å². The van der Waals surface area contributed by atoms with E-state index in [2.05, 4.69) is 12.2 Å². The average molecular weight is 416 g/mol. The molecule has 2 rings (SSSR count). The van der Waals surface area contributed by atoms with Gasteiger partial charge in [-0.2, -0.15) is 0 Å². The van der Waals surface area contributed by atoms with E-state index in [1.54, 1.807) is 13.2 Å². The molecule has 0 aliphatic carbocycles. The second-order valence-electron chi connectivity index (χ2n) is 6.21. The molecule has 0 aromatic heterocycles. The van der Waals surface area contributed by atoms with Crippen LogP contribution in [0.25, 0.3) is 0 Å². The minimum Gasteiger partial charge on any atom is -0.493 e. The first kappa shape index (κ1) is 23.5. The quantitative estimate of drug-likeness (QED) is 0.445. The molecule has 0 saturated heterocycles. The molecule has 27 heavy (non-hydrogen) atoms. The van der Waals surface area contributed by atoms with Crippen LogP contribution in [0, 0.1) is 5.82 Å². The van der Waals surface area contributed by atoms with E-state index < -0.39 is 0 Å². The van der Waals surface area contributed by atoms with Crippen LogP contribution < -0.4 is 14.8 Å². The lowest BCUT2D eigenvalue weighted by Gasteiger charge is -2.16. The van der Waals surface area contributed by atoms with Crippen molar-refractivity contribution in [1.82, 2.24) is 5.32 Å². The van der Waals surface area contributed by atoms with Crippen molar-refractivity contribution >= 4 is 24.0 Å². The predicted molar refractivity (Wildman–Crippen MR) is 112 cm³/mol. The van der Waals surface area contributed by atoms with Gasteiger partial charge in [-0.05, 0) is 31.2 Å². The Morgan fingerprint density at radius 3 is 2.59 bits per heavy atom. The molecule has 0 fully saturated rings. The smallest absolute Gasteiger partial charge is 0.166 e. The monoisotopic (exact) mass is 415 g/mol. The van der Waals surface area contributed by atoms with Crippen LogP contribution in [0.15, 0.2) is 36.4 Å². The van der Waals surface area contributed by atoms with Crippen molar-refractivity contribution in [3.63, 3.8) is 0 Å². The Bertz CT molecular complexity index is 698. The van der Waals surface area contributed by atoms with Gasteiger partial charge in [-0.15, -0.1) is 12.4 Å². The van der Waals surface area contributed by atoms with Crippen LogP contribution in [0.4, 0.5) is 4.39 Å². The summed E-state index contributed by atoms with van der Waals surface area (Å²) in [6.07, 6.45) is 4.92. The summed E-state index contributed by atoms with van der Waals surface area (Å²) in [4.78, 5) is 0. The molecule has 2 aromatic rings. The molecule has 6 heteroatoms. The SMILES string of the molecule is CCCCCCNCc1cccc(OC)c1OCc1ccc(F)cc1Cl.Cl. The fourth-order valence-corrected chi connectivity index (χ4v) is 2.94. The second kappa shape index (κ2) is 12.8. The molecule has 0 bridgehead atoms. The van der Waals surface area contributed by atoms with E-state index in [-0.39, 0.29) is 24.8 Å². The van der Waals surface area contributed by atoms with Crippen molar-refractivity contribution in [2.75, 3.05) is 13.7 Å². The molecule has 0 radical (unpaired) electrons. The Morgan fingerprint density at radius 1 is 1.07 bits per heavy atom. The molecule has 0 aliphatic heterocycles. The zero-order valence-corrected chi connectivity index (χ0v) is 17.5. The maximum Gasteiger partial charge on any atom is 0.166 e. The van der Waals surface area contributed by atoms with Gasteiger partial charge in [0.25, 0.3) is 0 Å². The van der Waals surface area contributed by atoms with Crippen molar-refractivity contribution in [2.24, 2.45) is 0 Å². The molecule has 0 spiro atoms. The number of hydrogen-bond donors (Lipinski definition) is 1. The number of para-hydroxylation sites is 1. The molecule has 0 saturated carbocycles. The Kier molecular flexibility index (Phi) is 11.2. The van der Waals surface area contributed by atoms with Gasteiger partial charge < -0.3 is 14.8 Å². The maximum atomic E-state index is 13.2. The molecular weight excluding hydrogens is 388 g/mol. The summed E-state index contributed by atoms with van der Waals surface area (Å²) in [7, 11) is 1.62. The van der Waals surface area contributed by atoms with E-state index >= 15 is 0 Å². The molecule has 2 aromatic carbocycles. The number of ether oxygens (including phenoxy) is 2. The first-order valence-corrected chi connectivity index (χ1v) is 9.46. The van der Waals surface area contributed by atoms with E-state index in [4.69, 9.17) is 21.1 Å². The van der Waals surface area contributed by atoms with Crippen LogP contribution in [0.3, 0.4) is 0 Å². The van der Waals surface area contributed by atoms with Crippen molar-refractivity contribution in [3.05, 3.63) is 58.4 Å². The van der Waals surface area contributed by atoms with E-state index in [9.17, 15) is 4.39 Å². The number of halogens is 3. The molecule has 0 aliphatic rings. The lowest BCUT2D eigenvalue weighted by molar-refractivity contribution is 0.280. The Balaban J connectivity index is 0.00000364. The minimum absolute atomic E-state index is 0. The van der Waals surface area contributed by atoms with E-state index in [1.165, 1.54) is 37.8 Å². The van der Waals surface area contributed by atoms with Gasteiger partial charge in [0.15, 0.2) is 11.5 Å². The molecule has 150 valence electrons. The summed E-state index contributed by atoms with van der Waals surface area (Å²) >= 11 is 6.09. The second-order valence-corrected chi connectivity index (χ2v) is 6.62. The molecule has 0 amide bonds. The highest BCUT2D eigenvalue weighted by molar-refractivity contribution is 6.31. The Hall–Kier alpha value is -1.49. The van der Waals surface area contributed by atoms with E-state index in [0.717, 1.165) is 17.7 Å². The maximum absolute atomic E-state index is 13.2. The summed E-state index contributed by atoms with van der Waals surface area (Å²) < 4.78 is 24.6. The average Bonchev–Trinajstić information content (AvgIpc) is 2.64. The molecule has 0 atom stereocenters. The molecule has 1 N–H and O–H groups in total. The standard InChI is InChI=1S/C21H27ClFNO2.ClH/c1-3-4-5-6-12-24-14-16-8-7-9-20(25-2)21(16)26-15-17-10-11-18(23)13-19(17)22;/h7-11,13,24H,3-6,12,14-15H2,1-2H3;1H. The van der Waals surface area contributed by atoms with Crippen LogP contribution in [-0.4, -0.2) is 13.7 Å². The minimum atomic E-state index is -0.357. The highest BCUT2D eigenvalue weighted by Gasteiger charge is 2.12. The van der Waals surface area contributed by atoms with Gasteiger partial charge >= 0.3 is 0 Å². The van der Waals surface area contributed by atoms with E-state index in [1.807, 2.05) is 18.2 Å². The topological polar surface area (TPSA) is 30.5 Å². The molecule has 0 heterocycles. The predicted octanol–water partition coefficient (Wildman–Crippen LogP) is 6.16. The van der Waals surface area contributed by atoms with Crippen LogP contribution in [-0.2, 0) is 13.2 Å². The zero-order valence-electron chi connectivity index (χ0n) is 15.9. The van der Waals surface area contributed by atoms with E-state index in [0.29, 0.717) is 23.1 Å². The van der Waals surface area contributed by atoms with Gasteiger partial charge in [-0.25, -0.2) is 4.39 Å². The summed E-state index contributed by atoms with van der Waals surface area (Å²) in [5.41, 5.74) is 1.76. The van der Waals surface area contributed by atoms with Crippen molar-refractivity contribution in [3.8, 4) is 11.5 Å². The summed E-state index contributed by atoms with van der Waals surface area (Å²) in [5, 5.41) is 3.82. The van der Waals surface area contributed by atoms with Gasteiger partial charge in [-0.1, -0.05) is 56.0 Å². The zero-order chi connectivity index (χ0) is 18.8. The third-order valence-corrected chi connectivity index (χ3v) is 4.54. The number of unbranched alkanes of at least 4 members (excludes halogenated alkanes) is 3. The normalized spacial score (nSPS) is 10.4. The molecular formula is C21H28Cl2FNO2. The summed E-state index contributed by atoms with van der Waals surface area (Å²) in [6.45, 7) is 4.14. The van der Waals surface area contributed by atoms with Gasteiger partial charge in [0.2, 0.25) is 0 Å². The Morgan fingerprint density at radius 2 is 1.89 bits per heavy atom. The number of rotatable bonds is 11. The Labute approximate surface area is 172 Å². The van der Waals surface area contributed by atoms with Gasteiger partial charge in [0.05, 0.1) is 12.1 Å². The number of methoxy groups -OCH3 is 1. The number of hydrogen-bond acceptors (Lipinski definition) is 3. The third kappa shape index (κ3) is 7.57. The largest absolute Gasteiger partial charge is 0.493 e. The van der Waals surface area contributed by atoms with Gasteiger partial charge in [-0.3, -0.25) is 0 Å². The third-order valence-electron chi connectivity index (χ3n) is 4.19. The van der Waals surface area contributed by atoms with Crippen molar-refractivity contribution < 1.29 is 13.9 Å². The first-order valence-electron chi connectivity index (χ1n) is 9.09. The van der Waals surface area contributed by atoms with Crippen LogP contribution in [0.2, 0.25) is 5.02 Å². The van der Waals surface area contributed by atoms with Gasteiger partial charge in [0, 0.05) is 17.7 Å². The highest BCUT2D eigenvalue weighted by Crippen LogP contribution is 2.32.